The fourth-order valence-corrected chi connectivity index (χ4v) is 1.83. The van der Waals surface area contributed by atoms with Crippen LogP contribution in [0.2, 0.25) is 0 Å². The maximum absolute atomic E-state index is 13.2. The number of carbonyl (C=O) groups is 1. The number of rotatable bonds is 4. The Balaban J connectivity index is 2.37. The quantitative estimate of drug-likeness (QED) is 0.366. The summed E-state index contributed by atoms with van der Waals surface area (Å²) in [4.78, 5) is 21.6. The standard InChI is InChI=1S/C17H11F2NO5/c1-2-24-17(21)4-3-11-5-14(20(22)23)10-15(6-11)25-16-8-12(18)7-13(19)9-16/h5-10H,2H2,1H3. The number of non-ortho nitro benzene ring substituents is 1. The number of ether oxygens (including phenoxy) is 2. The number of halogens is 2. The van der Waals surface area contributed by atoms with Crippen LogP contribution in [-0.2, 0) is 9.53 Å². The van der Waals surface area contributed by atoms with Crippen LogP contribution >= 0.6 is 0 Å². The van der Waals surface area contributed by atoms with E-state index < -0.39 is 22.5 Å². The van der Waals surface area contributed by atoms with Gasteiger partial charge < -0.3 is 9.47 Å². The Kier molecular flexibility index (Phi) is 5.63. The minimum Gasteiger partial charge on any atom is -0.457 e. The molecule has 6 nitrogen and oxygen atoms in total. The third-order valence-electron chi connectivity index (χ3n) is 2.76. The number of carbonyl (C=O) groups excluding carboxylic acids is 1. The van der Waals surface area contributed by atoms with E-state index in [-0.39, 0.29) is 29.4 Å². The number of esters is 1. The van der Waals surface area contributed by atoms with Gasteiger partial charge in [0, 0.05) is 35.7 Å². The second-order valence-electron chi connectivity index (χ2n) is 4.65. The second-order valence-corrected chi connectivity index (χ2v) is 4.65. The van der Waals surface area contributed by atoms with Crippen LogP contribution in [0.4, 0.5) is 14.5 Å². The van der Waals surface area contributed by atoms with E-state index in [0.29, 0.717) is 6.07 Å². The zero-order chi connectivity index (χ0) is 18.4. The lowest BCUT2D eigenvalue weighted by Gasteiger charge is -2.06. The first-order chi connectivity index (χ1) is 11.9. The van der Waals surface area contributed by atoms with Crippen LogP contribution in [0.3, 0.4) is 0 Å². The Hall–Kier alpha value is -3.47. The Labute approximate surface area is 141 Å². The smallest absolute Gasteiger partial charge is 0.384 e. The van der Waals surface area contributed by atoms with Gasteiger partial charge in [0.2, 0.25) is 0 Å². The van der Waals surface area contributed by atoms with Crippen molar-refractivity contribution in [1.82, 2.24) is 0 Å². The van der Waals surface area contributed by atoms with Crippen LogP contribution in [0.5, 0.6) is 11.5 Å². The summed E-state index contributed by atoms with van der Waals surface area (Å²) in [5.41, 5.74) is -0.253. The molecule has 0 aromatic heterocycles. The van der Waals surface area contributed by atoms with Gasteiger partial charge in [-0.1, -0.05) is 5.92 Å². The van der Waals surface area contributed by atoms with Crippen molar-refractivity contribution in [3.8, 4) is 23.3 Å². The molecule has 0 N–H and O–H groups in total. The molecule has 0 aliphatic heterocycles. The SMILES string of the molecule is CCOC(=O)C#Cc1cc(Oc2cc(F)cc(F)c2)cc([N+](=O)[O-])c1. The molecule has 0 saturated heterocycles. The van der Waals surface area contributed by atoms with E-state index in [0.717, 1.165) is 24.3 Å². The van der Waals surface area contributed by atoms with Gasteiger partial charge in [-0.15, -0.1) is 0 Å². The number of hydrogen-bond donors (Lipinski definition) is 0. The molecule has 0 bridgehead atoms. The third kappa shape index (κ3) is 5.28. The topological polar surface area (TPSA) is 78.7 Å². The molecule has 0 atom stereocenters. The van der Waals surface area contributed by atoms with E-state index in [1.54, 1.807) is 6.92 Å². The summed E-state index contributed by atoms with van der Waals surface area (Å²) in [5, 5.41) is 11.0. The summed E-state index contributed by atoms with van der Waals surface area (Å²) in [6.07, 6.45) is 0. The highest BCUT2D eigenvalue weighted by atomic mass is 19.1. The average molecular weight is 347 g/mol. The van der Waals surface area contributed by atoms with Gasteiger partial charge in [-0.2, -0.15) is 0 Å². The van der Waals surface area contributed by atoms with Gasteiger partial charge in [0.25, 0.3) is 5.69 Å². The zero-order valence-corrected chi connectivity index (χ0v) is 12.9. The first kappa shape index (κ1) is 17.9. The minimum atomic E-state index is -0.859. The Morgan fingerprint density at radius 1 is 1.12 bits per heavy atom. The van der Waals surface area contributed by atoms with Crippen molar-refractivity contribution >= 4 is 11.7 Å². The fourth-order valence-electron chi connectivity index (χ4n) is 1.83. The molecule has 2 aromatic rings. The molecule has 25 heavy (non-hydrogen) atoms. The molecule has 0 unspecified atom stereocenters. The number of nitro benzene ring substituents is 1. The Bertz CT molecular complexity index is 866. The second kappa shape index (κ2) is 7.88. The van der Waals surface area contributed by atoms with Crippen LogP contribution < -0.4 is 4.74 Å². The highest BCUT2D eigenvalue weighted by molar-refractivity contribution is 5.89. The Morgan fingerprint density at radius 3 is 2.36 bits per heavy atom. The number of nitrogens with zero attached hydrogens (tertiary/aromatic N) is 1. The van der Waals surface area contributed by atoms with Crippen molar-refractivity contribution in [1.29, 1.82) is 0 Å². The molecule has 0 saturated carbocycles. The summed E-state index contributed by atoms with van der Waals surface area (Å²) in [6.45, 7) is 1.75. The maximum atomic E-state index is 13.2. The van der Waals surface area contributed by atoms with Crippen molar-refractivity contribution in [2.75, 3.05) is 6.61 Å². The van der Waals surface area contributed by atoms with E-state index in [1.807, 2.05) is 0 Å². The molecule has 0 fully saturated rings. The summed E-state index contributed by atoms with van der Waals surface area (Å²) in [6, 6.07) is 6.00. The maximum Gasteiger partial charge on any atom is 0.384 e. The van der Waals surface area contributed by atoms with Crippen LogP contribution in [0.15, 0.2) is 36.4 Å². The normalized spacial score (nSPS) is 9.72. The third-order valence-corrected chi connectivity index (χ3v) is 2.76. The molecule has 8 heteroatoms. The molecule has 0 radical (unpaired) electrons. The van der Waals surface area contributed by atoms with Gasteiger partial charge in [0.05, 0.1) is 17.6 Å². The van der Waals surface area contributed by atoms with Crippen LogP contribution in [0, 0.1) is 33.6 Å². The molecule has 0 aliphatic rings. The van der Waals surface area contributed by atoms with Crippen molar-refractivity contribution in [2.24, 2.45) is 0 Å². The molecule has 0 heterocycles. The van der Waals surface area contributed by atoms with Gasteiger partial charge in [-0.05, 0) is 13.0 Å². The van der Waals surface area contributed by atoms with Gasteiger partial charge >= 0.3 is 5.97 Å². The molecule has 0 amide bonds. The van der Waals surface area contributed by atoms with E-state index in [1.165, 1.54) is 6.07 Å². The van der Waals surface area contributed by atoms with E-state index in [9.17, 15) is 23.7 Å². The van der Waals surface area contributed by atoms with Gasteiger partial charge in [0.15, 0.2) is 0 Å². The number of benzene rings is 2. The molecule has 0 spiro atoms. The summed E-state index contributed by atoms with van der Waals surface area (Å²) < 4.78 is 36.3. The monoisotopic (exact) mass is 347 g/mol. The van der Waals surface area contributed by atoms with Crippen molar-refractivity contribution < 1.29 is 28.0 Å². The lowest BCUT2D eigenvalue weighted by atomic mass is 10.2. The number of hydrogen-bond acceptors (Lipinski definition) is 5. The van der Waals surface area contributed by atoms with Gasteiger partial charge in [-0.25, -0.2) is 13.6 Å². The van der Waals surface area contributed by atoms with Crippen molar-refractivity contribution in [3.05, 3.63) is 63.7 Å². The summed E-state index contributed by atoms with van der Waals surface area (Å²) >= 11 is 0. The highest BCUT2D eigenvalue weighted by Crippen LogP contribution is 2.28. The Morgan fingerprint density at radius 2 is 1.76 bits per heavy atom. The summed E-state index contributed by atoms with van der Waals surface area (Å²) in [5.74, 6) is 1.84. The molecular formula is C17H11F2NO5. The van der Waals surface area contributed by atoms with Crippen molar-refractivity contribution in [3.63, 3.8) is 0 Å². The van der Waals surface area contributed by atoms with Crippen LogP contribution in [0.1, 0.15) is 12.5 Å². The first-order valence-corrected chi connectivity index (χ1v) is 6.99. The first-order valence-electron chi connectivity index (χ1n) is 6.99. The van der Waals surface area contributed by atoms with Crippen LogP contribution in [-0.4, -0.2) is 17.5 Å². The number of nitro groups is 1. The largest absolute Gasteiger partial charge is 0.457 e. The predicted octanol–water partition coefficient (Wildman–Crippen LogP) is 3.58. The van der Waals surface area contributed by atoms with Gasteiger partial charge in [0.1, 0.15) is 23.1 Å². The van der Waals surface area contributed by atoms with E-state index in [4.69, 9.17) is 4.74 Å². The minimum absolute atomic E-state index is 0.0626. The average Bonchev–Trinajstić information content (AvgIpc) is 2.52. The zero-order valence-electron chi connectivity index (χ0n) is 12.9. The summed E-state index contributed by atoms with van der Waals surface area (Å²) in [7, 11) is 0. The fraction of sp³-hybridized carbons (Fsp3) is 0.118. The highest BCUT2D eigenvalue weighted by Gasteiger charge is 2.12. The molecule has 2 aromatic carbocycles. The lowest BCUT2D eigenvalue weighted by molar-refractivity contribution is -0.384. The lowest BCUT2D eigenvalue weighted by Crippen LogP contribution is -1.99. The molecule has 2 rings (SSSR count). The van der Waals surface area contributed by atoms with E-state index in [2.05, 4.69) is 16.6 Å². The van der Waals surface area contributed by atoms with E-state index >= 15 is 0 Å². The molecule has 0 aliphatic carbocycles. The van der Waals surface area contributed by atoms with Gasteiger partial charge in [-0.3, -0.25) is 10.1 Å². The molecule has 128 valence electrons. The molecular weight excluding hydrogens is 336 g/mol. The van der Waals surface area contributed by atoms with Crippen LogP contribution in [0.25, 0.3) is 0 Å². The van der Waals surface area contributed by atoms with Crippen molar-refractivity contribution in [2.45, 2.75) is 6.92 Å². The predicted molar refractivity (Wildman–Crippen MR) is 83.0 cm³/mol.